The minimum Gasteiger partial charge on any atom is -0.506 e. The Morgan fingerprint density at radius 3 is 2.62 bits per heavy atom. The summed E-state index contributed by atoms with van der Waals surface area (Å²) in [6.07, 6.45) is 4.77. The number of hydrogen-bond acceptors (Lipinski definition) is 4. The molecule has 0 saturated carbocycles. The number of nitrogens with zero attached hydrogens (tertiary/aromatic N) is 3. The van der Waals surface area contributed by atoms with Crippen molar-refractivity contribution >= 4 is 21.9 Å². The van der Waals surface area contributed by atoms with E-state index in [1.165, 1.54) is 12.3 Å². The normalized spacial score (nSPS) is 11.4. The number of rotatable bonds is 3. The number of halogens is 1. The molecule has 0 radical (unpaired) electrons. The first kappa shape index (κ1) is 18.3. The third-order valence-electron chi connectivity index (χ3n) is 5.57. The molecule has 4 heterocycles. The molecule has 6 aromatic rings. The first-order chi connectivity index (χ1) is 15.7. The Morgan fingerprint density at radius 2 is 1.75 bits per heavy atom. The Labute approximate surface area is 181 Å². The highest BCUT2D eigenvalue weighted by Crippen LogP contribution is 2.35. The van der Waals surface area contributed by atoms with E-state index in [1.807, 2.05) is 36.4 Å². The van der Waals surface area contributed by atoms with E-state index in [0.29, 0.717) is 11.2 Å². The molecule has 154 valence electrons. The maximum atomic E-state index is 14.5. The lowest BCUT2D eigenvalue weighted by molar-refractivity contribution is 0.473. The van der Waals surface area contributed by atoms with Gasteiger partial charge in [0.15, 0.2) is 0 Å². The Bertz CT molecular complexity index is 1620. The number of aromatic amines is 2. The standard InChI is InChI=1S/C25H16FN5O/c26-21-4-2-1-3-18(21)17-7-8-28-25-19(17)11-23(29-25)24-20-10-14(5-6-22(20)30-31-24)15-9-16(32)13-27-12-15/h1-13,32H,(H,28,29)(H,30,31). The van der Waals surface area contributed by atoms with E-state index in [0.717, 1.165) is 44.4 Å². The van der Waals surface area contributed by atoms with Gasteiger partial charge in [-0.2, -0.15) is 5.10 Å². The highest BCUT2D eigenvalue weighted by molar-refractivity contribution is 6.00. The van der Waals surface area contributed by atoms with Crippen LogP contribution < -0.4 is 0 Å². The van der Waals surface area contributed by atoms with Gasteiger partial charge < -0.3 is 10.1 Å². The van der Waals surface area contributed by atoms with Crippen molar-refractivity contribution in [2.45, 2.75) is 0 Å². The van der Waals surface area contributed by atoms with Crippen LogP contribution in [0.4, 0.5) is 4.39 Å². The van der Waals surface area contributed by atoms with Gasteiger partial charge in [0.2, 0.25) is 0 Å². The summed E-state index contributed by atoms with van der Waals surface area (Å²) in [7, 11) is 0. The molecule has 0 atom stereocenters. The topological polar surface area (TPSA) is 90.5 Å². The molecule has 7 heteroatoms. The lowest BCUT2D eigenvalue weighted by Crippen LogP contribution is -1.85. The number of nitrogens with one attached hydrogen (secondary N) is 2. The van der Waals surface area contributed by atoms with Crippen LogP contribution in [0.15, 0.2) is 79.3 Å². The smallest absolute Gasteiger partial charge is 0.138 e. The number of aromatic hydroxyl groups is 1. The molecule has 3 N–H and O–H groups in total. The second kappa shape index (κ2) is 7.02. The monoisotopic (exact) mass is 421 g/mol. The maximum absolute atomic E-state index is 14.5. The molecule has 32 heavy (non-hydrogen) atoms. The van der Waals surface area contributed by atoms with Gasteiger partial charge in [0.05, 0.1) is 17.4 Å². The average molecular weight is 421 g/mol. The van der Waals surface area contributed by atoms with Crippen molar-refractivity contribution < 1.29 is 9.50 Å². The summed E-state index contributed by atoms with van der Waals surface area (Å²) in [5, 5.41) is 19.1. The molecule has 0 saturated heterocycles. The van der Waals surface area contributed by atoms with Crippen molar-refractivity contribution in [3.8, 4) is 39.4 Å². The number of benzene rings is 2. The number of aromatic nitrogens is 5. The average Bonchev–Trinajstić information content (AvgIpc) is 3.43. The Morgan fingerprint density at radius 1 is 0.844 bits per heavy atom. The van der Waals surface area contributed by atoms with Gasteiger partial charge in [0, 0.05) is 34.3 Å². The minimum atomic E-state index is -0.280. The Hall–Kier alpha value is -4.52. The highest BCUT2D eigenvalue weighted by atomic mass is 19.1. The van der Waals surface area contributed by atoms with Crippen LogP contribution in [0.5, 0.6) is 5.75 Å². The molecular formula is C25H16FN5O. The molecule has 6 nitrogen and oxygen atoms in total. The SMILES string of the molecule is Oc1cncc(-c2ccc3[nH]nc(-c4cc5c(-c6ccccc6F)ccnc5[nH]4)c3c2)c1. The summed E-state index contributed by atoms with van der Waals surface area (Å²) in [5.74, 6) is -0.172. The molecule has 0 bridgehead atoms. The van der Waals surface area contributed by atoms with Crippen LogP contribution in [0.25, 0.3) is 55.6 Å². The predicted octanol–water partition coefficient (Wildman–Crippen LogP) is 5.68. The number of fused-ring (bicyclic) bond motifs is 2. The maximum Gasteiger partial charge on any atom is 0.138 e. The molecule has 0 unspecified atom stereocenters. The molecule has 6 rings (SSSR count). The van der Waals surface area contributed by atoms with Gasteiger partial charge in [-0.05, 0) is 47.5 Å². The van der Waals surface area contributed by atoms with E-state index in [2.05, 4.69) is 25.1 Å². The van der Waals surface area contributed by atoms with Gasteiger partial charge in [0.1, 0.15) is 22.9 Å². The number of pyridine rings is 2. The third-order valence-corrected chi connectivity index (χ3v) is 5.57. The second-order valence-corrected chi connectivity index (χ2v) is 7.55. The summed E-state index contributed by atoms with van der Waals surface area (Å²) >= 11 is 0. The molecule has 4 aromatic heterocycles. The van der Waals surface area contributed by atoms with E-state index in [1.54, 1.807) is 30.6 Å². The van der Waals surface area contributed by atoms with Gasteiger partial charge in [-0.1, -0.05) is 24.3 Å². The fraction of sp³-hybridized carbons (Fsp3) is 0. The number of hydrogen-bond donors (Lipinski definition) is 3. The summed E-state index contributed by atoms with van der Waals surface area (Å²) in [5.41, 5.74) is 6.03. The van der Waals surface area contributed by atoms with Crippen LogP contribution in [-0.4, -0.2) is 30.3 Å². The van der Waals surface area contributed by atoms with E-state index >= 15 is 0 Å². The fourth-order valence-electron chi connectivity index (χ4n) is 4.05. The lowest BCUT2D eigenvalue weighted by atomic mass is 10.0. The first-order valence-corrected chi connectivity index (χ1v) is 10.0. The molecule has 0 aliphatic carbocycles. The summed E-state index contributed by atoms with van der Waals surface area (Å²) < 4.78 is 14.5. The fourth-order valence-corrected chi connectivity index (χ4v) is 4.05. The number of H-pyrrole nitrogens is 2. The minimum absolute atomic E-state index is 0.109. The molecule has 0 fully saturated rings. The Kier molecular flexibility index (Phi) is 4.01. The molecule has 0 aliphatic heterocycles. The van der Waals surface area contributed by atoms with Crippen molar-refractivity contribution in [2.24, 2.45) is 0 Å². The van der Waals surface area contributed by atoms with Gasteiger partial charge in [-0.3, -0.25) is 10.1 Å². The molecule has 2 aromatic carbocycles. The first-order valence-electron chi connectivity index (χ1n) is 10.0. The summed E-state index contributed by atoms with van der Waals surface area (Å²) in [6.45, 7) is 0. The van der Waals surface area contributed by atoms with Gasteiger partial charge in [0.25, 0.3) is 0 Å². The van der Waals surface area contributed by atoms with Gasteiger partial charge >= 0.3 is 0 Å². The van der Waals surface area contributed by atoms with E-state index in [-0.39, 0.29) is 11.6 Å². The Balaban J connectivity index is 1.52. The molecule has 0 spiro atoms. The molecule has 0 aliphatic rings. The van der Waals surface area contributed by atoms with Crippen molar-refractivity contribution in [3.63, 3.8) is 0 Å². The van der Waals surface area contributed by atoms with E-state index in [9.17, 15) is 9.50 Å². The highest BCUT2D eigenvalue weighted by Gasteiger charge is 2.16. The summed E-state index contributed by atoms with van der Waals surface area (Å²) in [6, 6.07) is 18.0. The van der Waals surface area contributed by atoms with Crippen molar-refractivity contribution in [2.75, 3.05) is 0 Å². The third kappa shape index (κ3) is 2.91. The zero-order chi connectivity index (χ0) is 21.7. The zero-order valence-electron chi connectivity index (χ0n) is 16.7. The molecular weight excluding hydrogens is 405 g/mol. The molecule has 0 amide bonds. The van der Waals surface area contributed by atoms with Crippen LogP contribution >= 0.6 is 0 Å². The largest absolute Gasteiger partial charge is 0.506 e. The van der Waals surface area contributed by atoms with Crippen LogP contribution in [-0.2, 0) is 0 Å². The van der Waals surface area contributed by atoms with Crippen molar-refractivity contribution in [3.05, 3.63) is 85.1 Å². The van der Waals surface area contributed by atoms with Crippen LogP contribution in [0.1, 0.15) is 0 Å². The van der Waals surface area contributed by atoms with E-state index < -0.39 is 0 Å². The predicted molar refractivity (Wildman–Crippen MR) is 121 cm³/mol. The zero-order valence-corrected chi connectivity index (χ0v) is 16.7. The van der Waals surface area contributed by atoms with Crippen LogP contribution in [0.2, 0.25) is 0 Å². The van der Waals surface area contributed by atoms with Crippen molar-refractivity contribution in [1.82, 2.24) is 25.1 Å². The van der Waals surface area contributed by atoms with Crippen molar-refractivity contribution in [1.29, 1.82) is 0 Å². The second-order valence-electron chi connectivity index (χ2n) is 7.55. The summed E-state index contributed by atoms with van der Waals surface area (Å²) in [4.78, 5) is 11.8. The van der Waals surface area contributed by atoms with E-state index in [4.69, 9.17) is 0 Å². The van der Waals surface area contributed by atoms with Crippen LogP contribution in [0.3, 0.4) is 0 Å². The quantitative estimate of drug-likeness (QED) is 0.343. The van der Waals surface area contributed by atoms with Gasteiger partial charge in [-0.15, -0.1) is 0 Å². The lowest BCUT2D eigenvalue weighted by Gasteiger charge is -2.04. The van der Waals surface area contributed by atoms with Crippen LogP contribution in [0, 0.1) is 5.82 Å². The van der Waals surface area contributed by atoms with Gasteiger partial charge in [-0.25, -0.2) is 9.37 Å².